The Morgan fingerprint density at radius 1 is 0.978 bits per heavy atom. The molecule has 2 aromatic heterocycles. The van der Waals surface area contributed by atoms with Gasteiger partial charge in [0, 0.05) is 31.1 Å². The fourth-order valence-electron chi connectivity index (χ4n) is 6.85. The van der Waals surface area contributed by atoms with Crippen molar-refractivity contribution in [2.75, 3.05) is 6.54 Å². The predicted molar refractivity (Wildman–Crippen MR) is 175 cm³/mol. The molecular formula is C36H39N3O7. The van der Waals surface area contributed by atoms with Crippen LogP contribution in [0.15, 0.2) is 80.7 Å². The number of nitrogens with zero attached hydrogens (tertiary/aromatic N) is 1. The van der Waals surface area contributed by atoms with Gasteiger partial charge in [0.15, 0.2) is 5.58 Å². The van der Waals surface area contributed by atoms with Crippen LogP contribution in [0.1, 0.15) is 73.3 Å². The number of carboxylic acids is 1. The van der Waals surface area contributed by atoms with Gasteiger partial charge < -0.3 is 30.0 Å². The highest BCUT2D eigenvalue weighted by Gasteiger charge is 2.41. The molecule has 3 aromatic carbocycles. The third-order valence-electron chi connectivity index (χ3n) is 9.36. The summed E-state index contributed by atoms with van der Waals surface area (Å²) in [4.78, 5) is 39.2. The Morgan fingerprint density at radius 3 is 2.61 bits per heavy atom. The first kappa shape index (κ1) is 31.3. The molecular weight excluding hydrogens is 586 g/mol. The standard InChI is InChI=1S/C36H39N3O7/c40-29-14-11-26(27-12-15-32(42)38-33(27)29)30(41)22-37-21-24-10-13-28-31(20-24)46-35(45)39(28)18-5-2-7-23-8-6-9-25(19-23)36(34(43)44)16-3-1-4-17-36/h6,8-15,19-20,30,37,40-41H,1-5,7,16-18,21-22H2,(H,38,42)(H,43,44). The van der Waals surface area contributed by atoms with E-state index in [1.807, 2.05) is 36.4 Å². The van der Waals surface area contributed by atoms with Crippen LogP contribution in [-0.2, 0) is 29.7 Å². The van der Waals surface area contributed by atoms with Gasteiger partial charge in [0.05, 0.1) is 22.6 Å². The quantitative estimate of drug-likeness (QED) is 0.117. The molecule has 0 amide bonds. The van der Waals surface area contributed by atoms with E-state index in [1.54, 1.807) is 16.7 Å². The average Bonchev–Trinajstić information content (AvgIpc) is 3.37. The molecule has 6 rings (SSSR count). The van der Waals surface area contributed by atoms with Gasteiger partial charge in [-0.2, -0.15) is 0 Å². The summed E-state index contributed by atoms with van der Waals surface area (Å²) >= 11 is 0. The summed E-state index contributed by atoms with van der Waals surface area (Å²) in [6.45, 7) is 1.17. The fourth-order valence-corrected chi connectivity index (χ4v) is 6.85. The maximum absolute atomic E-state index is 12.7. The van der Waals surface area contributed by atoms with Crippen molar-refractivity contribution in [1.29, 1.82) is 0 Å². The van der Waals surface area contributed by atoms with E-state index in [1.165, 1.54) is 12.1 Å². The minimum atomic E-state index is -0.884. The van der Waals surface area contributed by atoms with E-state index < -0.39 is 23.2 Å². The molecule has 1 saturated carbocycles. The van der Waals surface area contributed by atoms with E-state index in [4.69, 9.17) is 4.42 Å². The molecule has 46 heavy (non-hydrogen) atoms. The highest BCUT2D eigenvalue weighted by Crippen LogP contribution is 2.40. The molecule has 0 spiro atoms. The van der Waals surface area contributed by atoms with E-state index in [-0.39, 0.29) is 23.4 Å². The number of aliphatic hydroxyl groups excluding tert-OH is 1. The lowest BCUT2D eigenvalue weighted by Gasteiger charge is -2.34. The SMILES string of the molecule is O=C(O)C1(c2cccc(CCCCn3c(=O)oc4cc(CNCC(O)c5ccc(O)c6[nH]c(=O)ccc56)ccc43)c2)CCCCC1. The number of H-pyrrole nitrogens is 1. The van der Waals surface area contributed by atoms with Crippen LogP contribution in [0.4, 0.5) is 0 Å². The Labute approximate surface area is 265 Å². The average molecular weight is 626 g/mol. The number of aryl methyl sites for hydroxylation is 2. The van der Waals surface area contributed by atoms with E-state index in [9.17, 15) is 29.7 Å². The summed E-state index contributed by atoms with van der Waals surface area (Å²) in [5.74, 6) is -1.20. The molecule has 1 aliphatic carbocycles. The Bertz CT molecular complexity index is 1980. The van der Waals surface area contributed by atoms with Crippen LogP contribution in [0, 0.1) is 0 Å². The first-order chi connectivity index (χ1) is 22.2. The third-order valence-corrected chi connectivity index (χ3v) is 9.36. The molecule has 2 heterocycles. The number of hydrogen-bond acceptors (Lipinski definition) is 7. The second-order valence-corrected chi connectivity index (χ2v) is 12.4. The number of nitrogens with one attached hydrogen (secondary N) is 2. The number of hydrogen-bond donors (Lipinski definition) is 5. The van der Waals surface area contributed by atoms with Crippen LogP contribution < -0.4 is 16.6 Å². The first-order valence-corrected chi connectivity index (χ1v) is 15.9. The van der Waals surface area contributed by atoms with Crippen LogP contribution in [0.25, 0.3) is 22.0 Å². The van der Waals surface area contributed by atoms with Gasteiger partial charge in [-0.05, 0) is 78.6 Å². The number of pyridine rings is 1. The molecule has 0 aliphatic heterocycles. The number of aromatic nitrogens is 2. The lowest BCUT2D eigenvalue weighted by molar-refractivity contribution is -0.145. The van der Waals surface area contributed by atoms with Gasteiger partial charge in [-0.1, -0.05) is 55.7 Å². The third kappa shape index (κ3) is 6.36. The molecule has 1 atom stereocenters. The minimum Gasteiger partial charge on any atom is -0.506 e. The second-order valence-electron chi connectivity index (χ2n) is 12.4. The monoisotopic (exact) mass is 625 g/mol. The van der Waals surface area contributed by atoms with E-state index >= 15 is 0 Å². The zero-order valence-corrected chi connectivity index (χ0v) is 25.6. The number of rotatable bonds is 12. The molecule has 5 aromatic rings. The molecule has 5 N–H and O–H groups in total. The van der Waals surface area contributed by atoms with Crippen molar-refractivity contribution >= 4 is 28.0 Å². The fraction of sp³-hybridized carbons (Fsp3) is 0.361. The summed E-state index contributed by atoms with van der Waals surface area (Å²) in [6, 6.07) is 19.7. The van der Waals surface area contributed by atoms with Gasteiger partial charge in [0.2, 0.25) is 5.56 Å². The van der Waals surface area contributed by atoms with Crippen LogP contribution >= 0.6 is 0 Å². The van der Waals surface area contributed by atoms with Gasteiger partial charge in [-0.15, -0.1) is 0 Å². The van der Waals surface area contributed by atoms with Gasteiger partial charge in [-0.3, -0.25) is 14.2 Å². The molecule has 1 aliphatic rings. The van der Waals surface area contributed by atoms with Crippen molar-refractivity contribution in [3.63, 3.8) is 0 Å². The molecule has 0 bridgehead atoms. The molecule has 1 fully saturated rings. The number of phenolic OH excluding ortho intramolecular Hbond substituents is 1. The van der Waals surface area contributed by atoms with Crippen molar-refractivity contribution in [2.45, 2.75) is 76.0 Å². The van der Waals surface area contributed by atoms with Crippen LogP contribution in [-0.4, -0.2) is 37.4 Å². The summed E-state index contributed by atoms with van der Waals surface area (Å²) in [7, 11) is 0. The number of aliphatic carboxylic acids is 1. The summed E-state index contributed by atoms with van der Waals surface area (Å²) in [5.41, 5.74) is 3.87. The number of carbonyl (C=O) groups is 1. The highest BCUT2D eigenvalue weighted by molar-refractivity contribution is 5.87. The topological polar surface area (TPSA) is 158 Å². The number of oxazole rings is 1. The maximum atomic E-state index is 12.7. The van der Waals surface area contributed by atoms with Crippen molar-refractivity contribution in [2.24, 2.45) is 0 Å². The Hall–Kier alpha value is -4.67. The Balaban J connectivity index is 1.04. The number of aliphatic hydroxyl groups is 1. The van der Waals surface area contributed by atoms with Gasteiger partial charge in [0.25, 0.3) is 0 Å². The van der Waals surface area contributed by atoms with Crippen LogP contribution in [0.5, 0.6) is 5.75 Å². The number of fused-ring (bicyclic) bond motifs is 2. The number of carboxylic acid groups (broad SMARTS) is 1. The second kappa shape index (κ2) is 13.4. The molecule has 1 unspecified atom stereocenters. The number of benzene rings is 3. The number of unbranched alkanes of at least 4 members (excludes halogenated alkanes) is 1. The van der Waals surface area contributed by atoms with Crippen molar-refractivity contribution < 1.29 is 24.5 Å². The van der Waals surface area contributed by atoms with E-state index in [0.29, 0.717) is 42.5 Å². The normalized spacial score (nSPS) is 15.3. The highest BCUT2D eigenvalue weighted by atomic mass is 16.4. The molecule has 240 valence electrons. The zero-order chi connectivity index (χ0) is 32.3. The lowest BCUT2D eigenvalue weighted by atomic mass is 9.69. The zero-order valence-electron chi connectivity index (χ0n) is 25.6. The molecule has 10 heteroatoms. The summed E-state index contributed by atoms with van der Waals surface area (Å²) in [6.07, 6.45) is 5.86. The van der Waals surface area contributed by atoms with Crippen LogP contribution in [0.3, 0.4) is 0 Å². The van der Waals surface area contributed by atoms with Crippen molar-refractivity contribution in [3.05, 3.63) is 110 Å². The lowest BCUT2D eigenvalue weighted by Crippen LogP contribution is -2.37. The Morgan fingerprint density at radius 2 is 1.80 bits per heavy atom. The first-order valence-electron chi connectivity index (χ1n) is 15.9. The smallest absolute Gasteiger partial charge is 0.419 e. The number of phenols is 1. The summed E-state index contributed by atoms with van der Waals surface area (Å²) in [5, 5.41) is 34.8. The number of aromatic amines is 1. The van der Waals surface area contributed by atoms with Crippen LogP contribution in [0.2, 0.25) is 0 Å². The minimum absolute atomic E-state index is 0.0616. The molecule has 10 nitrogen and oxygen atoms in total. The summed E-state index contributed by atoms with van der Waals surface area (Å²) < 4.78 is 7.21. The Kier molecular flexibility index (Phi) is 9.10. The largest absolute Gasteiger partial charge is 0.506 e. The molecule has 0 radical (unpaired) electrons. The van der Waals surface area contributed by atoms with Gasteiger partial charge >= 0.3 is 11.7 Å². The van der Waals surface area contributed by atoms with E-state index in [2.05, 4.69) is 16.4 Å². The van der Waals surface area contributed by atoms with Gasteiger partial charge in [0.1, 0.15) is 5.75 Å². The number of aromatic hydroxyl groups is 1. The maximum Gasteiger partial charge on any atom is 0.419 e. The van der Waals surface area contributed by atoms with Crippen molar-refractivity contribution in [3.8, 4) is 5.75 Å². The van der Waals surface area contributed by atoms with Crippen molar-refractivity contribution in [1.82, 2.24) is 14.9 Å². The van der Waals surface area contributed by atoms with E-state index in [0.717, 1.165) is 60.7 Å². The van der Waals surface area contributed by atoms with Gasteiger partial charge in [-0.25, -0.2) is 4.79 Å². The molecule has 0 saturated heterocycles. The predicted octanol–water partition coefficient (Wildman–Crippen LogP) is 5.27.